The number of carbonyl (C=O) groups excluding carboxylic acids is 1. The van der Waals surface area contributed by atoms with Gasteiger partial charge in [-0.15, -0.1) is 0 Å². The van der Waals surface area contributed by atoms with Crippen LogP contribution in [0, 0.1) is 12.8 Å². The first-order chi connectivity index (χ1) is 7.61. The molecule has 1 aliphatic rings. The van der Waals surface area contributed by atoms with Crippen molar-refractivity contribution in [2.75, 3.05) is 0 Å². The molecule has 0 aliphatic heterocycles. The lowest BCUT2D eigenvalue weighted by molar-refractivity contribution is 0.0949. The van der Waals surface area contributed by atoms with Crippen molar-refractivity contribution in [3.8, 4) is 0 Å². The van der Waals surface area contributed by atoms with Gasteiger partial charge in [-0.25, -0.2) is 0 Å². The molecule has 3 heteroatoms. The molecule has 1 amide bonds. The maximum Gasteiger partial charge on any atom is 0.251 e. The van der Waals surface area contributed by atoms with Crippen LogP contribution in [0.15, 0.2) is 22.7 Å². The number of amides is 1. The Morgan fingerprint density at radius 3 is 2.88 bits per heavy atom. The summed E-state index contributed by atoms with van der Waals surface area (Å²) < 4.78 is 1.04. The number of halogens is 1. The predicted molar refractivity (Wildman–Crippen MR) is 68.5 cm³/mol. The Morgan fingerprint density at radius 2 is 2.31 bits per heavy atom. The molecule has 1 saturated carbocycles. The Labute approximate surface area is 105 Å². The molecular weight excluding hydrogens is 266 g/mol. The van der Waals surface area contributed by atoms with Crippen LogP contribution in [0.5, 0.6) is 0 Å². The van der Waals surface area contributed by atoms with Gasteiger partial charge in [0.1, 0.15) is 0 Å². The van der Waals surface area contributed by atoms with Gasteiger partial charge in [0.25, 0.3) is 5.91 Å². The fourth-order valence-corrected chi connectivity index (χ4v) is 2.16. The summed E-state index contributed by atoms with van der Waals surface area (Å²) >= 11 is 3.43. The van der Waals surface area contributed by atoms with Gasteiger partial charge in [0.2, 0.25) is 0 Å². The van der Waals surface area contributed by atoms with E-state index in [9.17, 15) is 4.79 Å². The van der Waals surface area contributed by atoms with Crippen molar-refractivity contribution in [1.82, 2.24) is 5.32 Å². The maximum absolute atomic E-state index is 11.9. The lowest BCUT2D eigenvalue weighted by atomic mass is 10.1. The highest BCUT2D eigenvalue weighted by Crippen LogP contribution is 2.33. The Kier molecular flexibility index (Phi) is 3.33. The van der Waals surface area contributed by atoms with Crippen LogP contribution in [0.4, 0.5) is 0 Å². The third kappa shape index (κ3) is 2.46. The zero-order chi connectivity index (χ0) is 11.7. The van der Waals surface area contributed by atoms with E-state index in [1.165, 1.54) is 0 Å². The zero-order valence-corrected chi connectivity index (χ0v) is 11.2. The summed E-state index contributed by atoms with van der Waals surface area (Å²) in [6.45, 7) is 4.16. The predicted octanol–water partition coefficient (Wildman–Crippen LogP) is 3.29. The molecule has 0 bridgehead atoms. The van der Waals surface area contributed by atoms with Crippen LogP contribution in [0.2, 0.25) is 0 Å². The second-order valence-electron chi connectivity index (χ2n) is 4.45. The van der Waals surface area contributed by atoms with E-state index in [-0.39, 0.29) is 5.91 Å². The summed E-state index contributed by atoms with van der Waals surface area (Å²) in [5.41, 5.74) is 1.85. The molecule has 1 fully saturated rings. The Bertz CT molecular complexity index is 416. The molecule has 2 unspecified atom stereocenters. The minimum Gasteiger partial charge on any atom is -0.349 e. The molecule has 1 aliphatic carbocycles. The van der Waals surface area contributed by atoms with Crippen LogP contribution in [0.3, 0.4) is 0 Å². The fourth-order valence-electron chi connectivity index (χ4n) is 1.91. The van der Waals surface area contributed by atoms with Gasteiger partial charge < -0.3 is 5.32 Å². The Morgan fingerprint density at radius 1 is 1.56 bits per heavy atom. The van der Waals surface area contributed by atoms with E-state index in [0.29, 0.717) is 12.0 Å². The summed E-state index contributed by atoms with van der Waals surface area (Å²) in [6.07, 6.45) is 2.29. The topological polar surface area (TPSA) is 29.1 Å². The van der Waals surface area contributed by atoms with Crippen LogP contribution in [-0.4, -0.2) is 11.9 Å². The monoisotopic (exact) mass is 281 g/mol. The minimum atomic E-state index is 0.0524. The van der Waals surface area contributed by atoms with Crippen molar-refractivity contribution in [3.63, 3.8) is 0 Å². The highest BCUT2D eigenvalue weighted by atomic mass is 79.9. The van der Waals surface area contributed by atoms with Gasteiger partial charge in [-0.3, -0.25) is 4.79 Å². The largest absolute Gasteiger partial charge is 0.349 e. The smallest absolute Gasteiger partial charge is 0.251 e. The second kappa shape index (κ2) is 4.58. The summed E-state index contributed by atoms with van der Waals surface area (Å²) in [5.74, 6) is 0.747. The molecule has 16 heavy (non-hydrogen) atoms. The highest BCUT2D eigenvalue weighted by molar-refractivity contribution is 9.10. The lowest BCUT2D eigenvalue weighted by Gasteiger charge is -2.06. The first-order valence-corrected chi connectivity index (χ1v) is 6.48. The molecule has 2 atom stereocenters. The van der Waals surface area contributed by atoms with Crippen LogP contribution in [-0.2, 0) is 0 Å². The quantitative estimate of drug-likeness (QED) is 0.905. The van der Waals surface area contributed by atoms with E-state index < -0.39 is 0 Å². The van der Waals surface area contributed by atoms with Crippen molar-refractivity contribution in [3.05, 3.63) is 33.8 Å². The molecule has 0 saturated heterocycles. The Balaban J connectivity index is 2.01. The van der Waals surface area contributed by atoms with Crippen molar-refractivity contribution in [2.24, 2.45) is 5.92 Å². The number of benzene rings is 1. The summed E-state index contributed by atoms with van der Waals surface area (Å²) in [6, 6.07) is 6.11. The van der Waals surface area contributed by atoms with Crippen LogP contribution >= 0.6 is 15.9 Å². The second-order valence-corrected chi connectivity index (χ2v) is 5.30. The average Bonchev–Trinajstić information content (AvgIpc) is 3.00. The summed E-state index contributed by atoms with van der Waals surface area (Å²) in [7, 11) is 0. The lowest BCUT2D eigenvalue weighted by Crippen LogP contribution is -2.26. The molecule has 1 aromatic carbocycles. The molecule has 0 spiro atoms. The SMILES string of the molecule is CCC1CC1NC(=O)c1ccc(Br)c(C)c1. The maximum atomic E-state index is 11.9. The van der Waals surface area contributed by atoms with Gasteiger partial charge >= 0.3 is 0 Å². The van der Waals surface area contributed by atoms with Gasteiger partial charge in [-0.05, 0) is 43.0 Å². The third-order valence-electron chi connectivity index (χ3n) is 3.18. The molecule has 2 nitrogen and oxygen atoms in total. The van der Waals surface area contributed by atoms with Gasteiger partial charge in [0.15, 0.2) is 0 Å². The van der Waals surface area contributed by atoms with E-state index in [4.69, 9.17) is 0 Å². The number of carbonyl (C=O) groups is 1. The number of hydrogen-bond acceptors (Lipinski definition) is 1. The first kappa shape index (κ1) is 11.6. The van der Waals surface area contributed by atoms with Crippen molar-refractivity contribution < 1.29 is 4.79 Å². The number of aryl methyl sites for hydroxylation is 1. The molecule has 0 aromatic heterocycles. The van der Waals surface area contributed by atoms with Crippen molar-refractivity contribution in [1.29, 1.82) is 0 Å². The standard InChI is InChI=1S/C13H16BrNO/c1-3-9-7-12(9)15-13(16)10-4-5-11(14)8(2)6-10/h4-6,9,12H,3,7H2,1-2H3,(H,15,16). The van der Waals surface area contributed by atoms with Gasteiger partial charge in [0, 0.05) is 16.1 Å². The Hall–Kier alpha value is -0.830. The van der Waals surface area contributed by atoms with Crippen LogP contribution < -0.4 is 5.32 Å². The van der Waals surface area contributed by atoms with E-state index >= 15 is 0 Å². The first-order valence-electron chi connectivity index (χ1n) is 5.69. The van der Waals surface area contributed by atoms with E-state index in [2.05, 4.69) is 28.2 Å². The summed E-state index contributed by atoms with van der Waals surface area (Å²) in [4.78, 5) is 11.9. The molecular formula is C13H16BrNO. The molecule has 0 heterocycles. The number of nitrogens with one attached hydrogen (secondary N) is 1. The molecule has 86 valence electrons. The van der Waals surface area contributed by atoms with Gasteiger partial charge in [-0.2, -0.15) is 0 Å². The highest BCUT2D eigenvalue weighted by Gasteiger charge is 2.36. The fraction of sp³-hybridized carbons (Fsp3) is 0.462. The average molecular weight is 282 g/mol. The van der Waals surface area contributed by atoms with Gasteiger partial charge in [-0.1, -0.05) is 29.3 Å². The molecule has 0 radical (unpaired) electrons. The van der Waals surface area contributed by atoms with Crippen LogP contribution in [0.1, 0.15) is 35.7 Å². The zero-order valence-electron chi connectivity index (χ0n) is 9.59. The third-order valence-corrected chi connectivity index (χ3v) is 4.07. The normalized spacial score (nSPS) is 22.9. The molecule has 2 rings (SSSR count). The van der Waals surface area contributed by atoms with E-state index in [1.54, 1.807) is 0 Å². The van der Waals surface area contributed by atoms with Crippen LogP contribution in [0.25, 0.3) is 0 Å². The number of rotatable bonds is 3. The number of hydrogen-bond donors (Lipinski definition) is 1. The van der Waals surface area contributed by atoms with E-state index in [0.717, 1.165) is 28.4 Å². The van der Waals surface area contributed by atoms with E-state index in [1.807, 2.05) is 25.1 Å². The minimum absolute atomic E-state index is 0.0524. The summed E-state index contributed by atoms with van der Waals surface area (Å²) in [5, 5.41) is 3.06. The molecule has 1 N–H and O–H groups in total. The molecule has 1 aromatic rings. The van der Waals surface area contributed by atoms with Gasteiger partial charge in [0.05, 0.1) is 0 Å². The van der Waals surface area contributed by atoms with Crippen molar-refractivity contribution >= 4 is 21.8 Å². The van der Waals surface area contributed by atoms with Crippen molar-refractivity contribution in [2.45, 2.75) is 32.7 Å².